The van der Waals surface area contributed by atoms with Crippen molar-refractivity contribution in [1.29, 1.82) is 0 Å². The fourth-order valence-corrected chi connectivity index (χ4v) is 2.27. The molecule has 1 heterocycles. The molecule has 18 heavy (non-hydrogen) atoms. The summed E-state index contributed by atoms with van der Waals surface area (Å²) in [4.78, 5) is 2.16. The van der Waals surface area contributed by atoms with Crippen molar-refractivity contribution in [1.82, 2.24) is 4.90 Å². The minimum Gasteiger partial charge on any atom is -0.491 e. The van der Waals surface area contributed by atoms with Crippen molar-refractivity contribution in [3.8, 4) is 5.75 Å². The number of piperidine rings is 1. The van der Waals surface area contributed by atoms with E-state index in [2.05, 4.69) is 9.64 Å². The van der Waals surface area contributed by atoms with E-state index in [0.29, 0.717) is 12.1 Å². The Morgan fingerprint density at radius 1 is 1.28 bits per heavy atom. The molecule has 100 valence electrons. The molecular formula is C13H18F2N2O. The summed E-state index contributed by atoms with van der Waals surface area (Å²) in [7, 11) is 1.26. The minimum absolute atomic E-state index is 0.255. The first-order chi connectivity index (χ1) is 8.60. The zero-order valence-electron chi connectivity index (χ0n) is 10.5. The van der Waals surface area contributed by atoms with E-state index in [1.165, 1.54) is 19.2 Å². The summed E-state index contributed by atoms with van der Waals surface area (Å²) in [6, 6.07) is 2.91. The summed E-state index contributed by atoms with van der Waals surface area (Å²) in [5.41, 5.74) is 6.44. The average Bonchev–Trinajstić information content (AvgIpc) is 2.32. The lowest BCUT2D eigenvalue weighted by Gasteiger charge is -2.30. The van der Waals surface area contributed by atoms with Gasteiger partial charge >= 0.3 is 0 Å². The Labute approximate surface area is 106 Å². The molecule has 5 heteroatoms. The Hall–Kier alpha value is -1.20. The summed E-state index contributed by atoms with van der Waals surface area (Å²) in [6.07, 6.45) is 1.86. The number of benzene rings is 1. The Balaban J connectivity index is 2.06. The Bertz CT molecular complexity index is 394. The van der Waals surface area contributed by atoms with E-state index in [1.807, 2.05) is 0 Å². The van der Waals surface area contributed by atoms with Crippen LogP contribution in [0.2, 0.25) is 0 Å². The van der Waals surface area contributed by atoms with E-state index in [-0.39, 0.29) is 11.8 Å². The lowest BCUT2D eigenvalue weighted by atomic mass is 10.1. The zero-order chi connectivity index (χ0) is 13.1. The average molecular weight is 256 g/mol. The molecule has 0 saturated carbocycles. The van der Waals surface area contributed by atoms with Crippen LogP contribution in [-0.4, -0.2) is 31.1 Å². The van der Waals surface area contributed by atoms with E-state index in [1.54, 1.807) is 0 Å². The highest BCUT2D eigenvalue weighted by Gasteiger charge is 2.18. The van der Waals surface area contributed by atoms with Crippen LogP contribution in [0.5, 0.6) is 5.75 Å². The second-order valence-corrected chi connectivity index (χ2v) is 4.71. The number of nitrogens with two attached hydrogens (primary N) is 1. The Kier molecular flexibility index (Phi) is 4.14. The second kappa shape index (κ2) is 5.63. The van der Waals surface area contributed by atoms with Crippen LogP contribution in [0.25, 0.3) is 0 Å². The summed E-state index contributed by atoms with van der Waals surface area (Å²) in [5, 5.41) is 0. The summed E-state index contributed by atoms with van der Waals surface area (Å²) < 4.78 is 31.7. The van der Waals surface area contributed by atoms with Crippen molar-refractivity contribution in [3.63, 3.8) is 0 Å². The number of nitrogens with zero attached hydrogens (tertiary/aromatic N) is 1. The highest BCUT2D eigenvalue weighted by molar-refractivity contribution is 5.31. The molecule has 1 saturated heterocycles. The van der Waals surface area contributed by atoms with E-state index < -0.39 is 11.6 Å². The van der Waals surface area contributed by atoms with Gasteiger partial charge in [0.05, 0.1) is 7.11 Å². The molecule has 0 amide bonds. The molecule has 0 radical (unpaired) electrons. The van der Waals surface area contributed by atoms with Crippen LogP contribution < -0.4 is 10.5 Å². The first-order valence-electron chi connectivity index (χ1n) is 6.10. The van der Waals surface area contributed by atoms with Crippen molar-refractivity contribution in [2.24, 2.45) is 5.73 Å². The topological polar surface area (TPSA) is 38.5 Å². The molecule has 0 spiro atoms. The predicted octanol–water partition coefficient (Wildman–Crippen LogP) is 1.90. The Morgan fingerprint density at radius 2 is 1.83 bits per heavy atom. The molecule has 1 aromatic carbocycles. The number of halogens is 2. The second-order valence-electron chi connectivity index (χ2n) is 4.71. The third-order valence-electron chi connectivity index (χ3n) is 3.30. The van der Waals surface area contributed by atoms with Gasteiger partial charge in [-0.25, -0.2) is 8.78 Å². The van der Waals surface area contributed by atoms with Crippen molar-refractivity contribution in [2.45, 2.75) is 25.4 Å². The normalized spacial score (nSPS) is 18.0. The van der Waals surface area contributed by atoms with Crippen molar-refractivity contribution in [2.75, 3.05) is 20.2 Å². The molecule has 0 atom stereocenters. The van der Waals surface area contributed by atoms with Gasteiger partial charge in [-0.2, -0.15) is 0 Å². The number of methoxy groups -OCH3 is 1. The van der Waals surface area contributed by atoms with Gasteiger partial charge < -0.3 is 10.5 Å². The van der Waals surface area contributed by atoms with Crippen molar-refractivity contribution >= 4 is 0 Å². The number of hydrogen-bond acceptors (Lipinski definition) is 3. The van der Waals surface area contributed by atoms with Gasteiger partial charge in [0.15, 0.2) is 17.4 Å². The fourth-order valence-electron chi connectivity index (χ4n) is 2.27. The maximum absolute atomic E-state index is 13.5. The molecule has 0 aliphatic carbocycles. The molecule has 1 aliphatic rings. The van der Waals surface area contributed by atoms with Crippen LogP contribution in [0.4, 0.5) is 8.78 Å². The standard InChI is InChI=1S/C13H18F2N2O/c1-18-13-11(14)6-9(7-12(13)15)8-17-4-2-10(16)3-5-17/h6-7,10H,2-5,8,16H2,1H3. The van der Waals surface area contributed by atoms with Gasteiger partial charge in [0.25, 0.3) is 0 Å². The third kappa shape index (κ3) is 2.97. The van der Waals surface area contributed by atoms with Crippen molar-refractivity contribution in [3.05, 3.63) is 29.3 Å². The number of ether oxygens (including phenoxy) is 1. The number of rotatable bonds is 3. The molecule has 0 aromatic heterocycles. The summed E-state index contributed by atoms with van der Waals surface area (Å²) in [6.45, 7) is 2.29. The Morgan fingerprint density at radius 3 is 2.33 bits per heavy atom. The van der Waals surface area contributed by atoms with Crippen LogP contribution >= 0.6 is 0 Å². The van der Waals surface area contributed by atoms with Crippen molar-refractivity contribution < 1.29 is 13.5 Å². The lowest BCUT2D eigenvalue weighted by molar-refractivity contribution is 0.205. The summed E-state index contributed by atoms with van der Waals surface area (Å²) >= 11 is 0. The lowest BCUT2D eigenvalue weighted by Crippen LogP contribution is -2.39. The van der Waals surface area contributed by atoms with Crippen LogP contribution in [-0.2, 0) is 6.54 Å². The molecule has 1 aromatic rings. The summed E-state index contributed by atoms with van der Waals surface area (Å²) in [5.74, 6) is -1.62. The number of hydrogen-bond donors (Lipinski definition) is 1. The third-order valence-corrected chi connectivity index (χ3v) is 3.30. The van der Waals surface area contributed by atoms with Gasteiger partial charge in [-0.1, -0.05) is 0 Å². The molecule has 2 N–H and O–H groups in total. The molecular weight excluding hydrogens is 238 g/mol. The van der Waals surface area contributed by atoms with E-state index >= 15 is 0 Å². The smallest absolute Gasteiger partial charge is 0.190 e. The van der Waals surface area contributed by atoms with Gasteiger partial charge in [0, 0.05) is 12.6 Å². The number of likely N-dealkylation sites (tertiary alicyclic amines) is 1. The van der Waals surface area contributed by atoms with Crippen LogP contribution in [0.1, 0.15) is 18.4 Å². The quantitative estimate of drug-likeness (QED) is 0.897. The molecule has 0 unspecified atom stereocenters. The molecule has 3 nitrogen and oxygen atoms in total. The molecule has 2 rings (SSSR count). The van der Waals surface area contributed by atoms with Crippen LogP contribution in [0, 0.1) is 11.6 Å². The van der Waals surface area contributed by atoms with E-state index in [0.717, 1.165) is 25.9 Å². The van der Waals surface area contributed by atoms with Gasteiger partial charge in [-0.3, -0.25) is 4.90 Å². The van der Waals surface area contributed by atoms with E-state index in [4.69, 9.17) is 5.73 Å². The van der Waals surface area contributed by atoms with Crippen LogP contribution in [0.15, 0.2) is 12.1 Å². The van der Waals surface area contributed by atoms with Crippen LogP contribution in [0.3, 0.4) is 0 Å². The zero-order valence-corrected chi connectivity index (χ0v) is 10.5. The van der Waals surface area contributed by atoms with E-state index in [9.17, 15) is 8.78 Å². The van der Waals surface area contributed by atoms with Gasteiger partial charge in [0.1, 0.15) is 0 Å². The van der Waals surface area contributed by atoms with Gasteiger partial charge in [-0.05, 0) is 43.6 Å². The first-order valence-corrected chi connectivity index (χ1v) is 6.10. The molecule has 0 bridgehead atoms. The predicted molar refractivity (Wildman–Crippen MR) is 65.4 cm³/mol. The largest absolute Gasteiger partial charge is 0.491 e. The SMILES string of the molecule is COc1c(F)cc(CN2CCC(N)CC2)cc1F. The maximum Gasteiger partial charge on any atom is 0.190 e. The minimum atomic E-state index is -0.652. The molecule has 1 aliphatic heterocycles. The maximum atomic E-state index is 13.5. The highest BCUT2D eigenvalue weighted by Crippen LogP contribution is 2.24. The fraction of sp³-hybridized carbons (Fsp3) is 0.538. The highest BCUT2D eigenvalue weighted by atomic mass is 19.1. The van der Waals surface area contributed by atoms with Gasteiger partial charge in [0.2, 0.25) is 0 Å². The van der Waals surface area contributed by atoms with Gasteiger partial charge in [-0.15, -0.1) is 0 Å². The first kappa shape index (κ1) is 13.2. The molecule has 1 fully saturated rings. The monoisotopic (exact) mass is 256 g/mol.